The SMILES string of the molecule is CCCNCc1cncc(N2CCC(N(C)C)CC2)n1. The Kier molecular flexibility index (Phi) is 5.73. The van der Waals surface area contributed by atoms with E-state index in [1.165, 1.54) is 12.8 Å². The van der Waals surface area contributed by atoms with Gasteiger partial charge >= 0.3 is 0 Å². The zero-order valence-electron chi connectivity index (χ0n) is 13.0. The molecule has 20 heavy (non-hydrogen) atoms. The van der Waals surface area contributed by atoms with Gasteiger partial charge in [0.2, 0.25) is 0 Å². The number of aromatic nitrogens is 2. The van der Waals surface area contributed by atoms with E-state index in [1.807, 2.05) is 12.4 Å². The molecule has 1 aromatic rings. The molecular weight excluding hydrogens is 250 g/mol. The summed E-state index contributed by atoms with van der Waals surface area (Å²) >= 11 is 0. The van der Waals surface area contributed by atoms with Crippen molar-refractivity contribution < 1.29 is 0 Å². The minimum Gasteiger partial charge on any atom is -0.355 e. The van der Waals surface area contributed by atoms with Crippen LogP contribution in [-0.2, 0) is 6.54 Å². The second-order valence-electron chi connectivity index (χ2n) is 5.73. The van der Waals surface area contributed by atoms with Gasteiger partial charge in [-0.05, 0) is 39.9 Å². The molecule has 1 aliphatic rings. The van der Waals surface area contributed by atoms with Crippen LogP contribution in [-0.4, -0.2) is 54.6 Å². The Morgan fingerprint density at radius 3 is 2.70 bits per heavy atom. The van der Waals surface area contributed by atoms with E-state index < -0.39 is 0 Å². The predicted molar refractivity (Wildman–Crippen MR) is 83.0 cm³/mol. The molecule has 1 fully saturated rings. The first-order valence-electron chi connectivity index (χ1n) is 7.63. The van der Waals surface area contributed by atoms with Crippen molar-refractivity contribution in [1.82, 2.24) is 20.2 Å². The summed E-state index contributed by atoms with van der Waals surface area (Å²) in [6.07, 6.45) is 7.29. The van der Waals surface area contributed by atoms with Crippen LogP contribution in [0, 0.1) is 0 Å². The van der Waals surface area contributed by atoms with Crippen LogP contribution in [0.25, 0.3) is 0 Å². The molecule has 112 valence electrons. The van der Waals surface area contributed by atoms with Crippen LogP contribution in [0.3, 0.4) is 0 Å². The van der Waals surface area contributed by atoms with Gasteiger partial charge in [0.25, 0.3) is 0 Å². The lowest BCUT2D eigenvalue weighted by atomic mass is 10.0. The Hall–Kier alpha value is -1.20. The number of nitrogens with one attached hydrogen (secondary N) is 1. The summed E-state index contributed by atoms with van der Waals surface area (Å²) < 4.78 is 0. The Morgan fingerprint density at radius 1 is 1.30 bits per heavy atom. The Labute approximate surface area is 122 Å². The van der Waals surface area contributed by atoms with Crippen LogP contribution in [0.2, 0.25) is 0 Å². The van der Waals surface area contributed by atoms with Gasteiger partial charge in [0.05, 0.1) is 11.9 Å². The van der Waals surface area contributed by atoms with Crippen molar-refractivity contribution in [3.05, 3.63) is 18.1 Å². The van der Waals surface area contributed by atoms with Crippen molar-refractivity contribution in [2.45, 2.75) is 38.8 Å². The lowest BCUT2D eigenvalue weighted by molar-refractivity contribution is 0.249. The Morgan fingerprint density at radius 2 is 2.05 bits per heavy atom. The van der Waals surface area contributed by atoms with Crippen molar-refractivity contribution in [2.24, 2.45) is 0 Å². The first-order chi connectivity index (χ1) is 9.70. The van der Waals surface area contributed by atoms with Crippen LogP contribution in [0.4, 0.5) is 5.82 Å². The molecule has 0 aromatic carbocycles. The monoisotopic (exact) mass is 277 g/mol. The molecule has 0 radical (unpaired) electrons. The molecule has 2 heterocycles. The van der Waals surface area contributed by atoms with E-state index in [-0.39, 0.29) is 0 Å². The minimum absolute atomic E-state index is 0.702. The van der Waals surface area contributed by atoms with Gasteiger partial charge in [-0.25, -0.2) is 4.98 Å². The molecule has 0 amide bonds. The highest BCUT2D eigenvalue weighted by Gasteiger charge is 2.21. The molecular formula is C15H27N5. The van der Waals surface area contributed by atoms with Crippen molar-refractivity contribution in [1.29, 1.82) is 0 Å². The molecule has 1 aromatic heterocycles. The fourth-order valence-corrected chi connectivity index (χ4v) is 2.64. The third kappa shape index (κ3) is 4.15. The summed E-state index contributed by atoms with van der Waals surface area (Å²) in [5, 5.41) is 3.38. The van der Waals surface area contributed by atoms with Crippen molar-refractivity contribution in [3.63, 3.8) is 0 Å². The fraction of sp³-hybridized carbons (Fsp3) is 0.733. The average molecular weight is 277 g/mol. The molecule has 0 spiro atoms. The Bertz CT molecular complexity index is 399. The lowest BCUT2D eigenvalue weighted by Gasteiger charge is -2.35. The molecule has 0 bridgehead atoms. The van der Waals surface area contributed by atoms with Gasteiger partial charge in [-0.3, -0.25) is 4.98 Å². The number of hydrogen-bond donors (Lipinski definition) is 1. The van der Waals surface area contributed by atoms with Crippen LogP contribution in [0.1, 0.15) is 31.9 Å². The number of nitrogens with zero attached hydrogens (tertiary/aromatic N) is 4. The average Bonchev–Trinajstić information content (AvgIpc) is 2.48. The first kappa shape index (κ1) is 15.2. The van der Waals surface area contributed by atoms with E-state index in [2.05, 4.69) is 41.1 Å². The topological polar surface area (TPSA) is 44.3 Å². The highest BCUT2D eigenvalue weighted by molar-refractivity contribution is 5.37. The van der Waals surface area contributed by atoms with Gasteiger partial charge in [0, 0.05) is 31.9 Å². The second-order valence-corrected chi connectivity index (χ2v) is 5.73. The number of hydrogen-bond acceptors (Lipinski definition) is 5. The van der Waals surface area contributed by atoms with Gasteiger partial charge < -0.3 is 15.1 Å². The molecule has 5 nitrogen and oxygen atoms in total. The summed E-state index contributed by atoms with van der Waals surface area (Å²) in [5.41, 5.74) is 1.03. The molecule has 0 aliphatic carbocycles. The molecule has 2 rings (SSSR count). The van der Waals surface area contributed by atoms with Gasteiger partial charge in [-0.2, -0.15) is 0 Å². The molecule has 1 N–H and O–H groups in total. The summed E-state index contributed by atoms with van der Waals surface area (Å²) in [7, 11) is 4.33. The number of rotatable bonds is 6. The number of piperidine rings is 1. The van der Waals surface area contributed by atoms with Crippen LogP contribution < -0.4 is 10.2 Å². The maximum Gasteiger partial charge on any atom is 0.147 e. The number of anilines is 1. The van der Waals surface area contributed by atoms with E-state index in [4.69, 9.17) is 4.98 Å². The maximum atomic E-state index is 4.73. The van der Waals surface area contributed by atoms with Gasteiger partial charge in [0.1, 0.15) is 5.82 Å². The van der Waals surface area contributed by atoms with Crippen molar-refractivity contribution >= 4 is 5.82 Å². The van der Waals surface area contributed by atoms with Crippen LogP contribution >= 0.6 is 0 Å². The summed E-state index contributed by atoms with van der Waals surface area (Å²) in [6, 6.07) is 0.702. The van der Waals surface area contributed by atoms with E-state index in [0.717, 1.165) is 44.1 Å². The molecule has 0 unspecified atom stereocenters. The maximum absolute atomic E-state index is 4.73. The summed E-state index contributed by atoms with van der Waals surface area (Å²) in [5.74, 6) is 1.03. The smallest absolute Gasteiger partial charge is 0.147 e. The largest absolute Gasteiger partial charge is 0.355 e. The lowest BCUT2D eigenvalue weighted by Crippen LogP contribution is -2.42. The predicted octanol–water partition coefficient (Wildman–Crippen LogP) is 1.51. The molecule has 0 atom stereocenters. The van der Waals surface area contributed by atoms with Gasteiger partial charge in [-0.1, -0.05) is 6.92 Å². The molecule has 0 saturated carbocycles. The second kappa shape index (κ2) is 7.55. The zero-order chi connectivity index (χ0) is 14.4. The minimum atomic E-state index is 0.702. The van der Waals surface area contributed by atoms with Crippen molar-refractivity contribution in [3.8, 4) is 0 Å². The van der Waals surface area contributed by atoms with E-state index >= 15 is 0 Å². The normalized spacial score (nSPS) is 16.9. The fourth-order valence-electron chi connectivity index (χ4n) is 2.64. The third-order valence-corrected chi connectivity index (χ3v) is 3.92. The van der Waals surface area contributed by atoms with Crippen LogP contribution in [0.5, 0.6) is 0 Å². The first-order valence-corrected chi connectivity index (χ1v) is 7.63. The third-order valence-electron chi connectivity index (χ3n) is 3.92. The van der Waals surface area contributed by atoms with E-state index in [0.29, 0.717) is 6.04 Å². The van der Waals surface area contributed by atoms with E-state index in [1.54, 1.807) is 0 Å². The van der Waals surface area contributed by atoms with Gasteiger partial charge in [-0.15, -0.1) is 0 Å². The van der Waals surface area contributed by atoms with Gasteiger partial charge in [0.15, 0.2) is 0 Å². The quantitative estimate of drug-likeness (QED) is 0.799. The Balaban J connectivity index is 1.91. The van der Waals surface area contributed by atoms with E-state index in [9.17, 15) is 0 Å². The van der Waals surface area contributed by atoms with Crippen molar-refractivity contribution in [2.75, 3.05) is 38.6 Å². The standard InChI is InChI=1S/C15H27N5/c1-4-7-16-10-13-11-17-12-15(18-13)20-8-5-14(6-9-20)19(2)3/h11-12,14,16H,4-10H2,1-3H3. The zero-order valence-corrected chi connectivity index (χ0v) is 13.0. The summed E-state index contributed by atoms with van der Waals surface area (Å²) in [6.45, 7) is 6.15. The molecule has 1 aliphatic heterocycles. The molecule has 5 heteroatoms. The highest BCUT2D eigenvalue weighted by Crippen LogP contribution is 2.19. The molecule has 1 saturated heterocycles. The van der Waals surface area contributed by atoms with Crippen LogP contribution in [0.15, 0.2) is 12.4 Å². The summed E-state index contributed by atoms with van der Waals surface area (Å²) in [4.78, 5) is 13.7. The highest BCUT2D eigenvalue weighted by atomic mass is 15.2.